The smallest absolute Gasteiger partial charge is 0.337 e. The van der Waals surface area contributed by atoms with E-state index >= 15 is 0 Å². The quantitative estimate of drug-likeness (QED) is 0.485. The van der Waals surface area contributed by atoms with Crippen molar-refractivity contribution in [1.82, 2.24) is 0 Å². The zero-order valence-electron chi connectivity index (χ0n) is 11.3. The lowest BCUT2D eigenvalue weighted by Crippen LogP contribution is -2.15. The van der Waals surface area contributed by atoms with Crippen molar-refractivity contribution in [3.63, 3.8) is 0 Å². The number of thioether (sulfide) groups is 1. The number of carboxylic acids is 1. The van der Waals surface area contributed by atoms with Gasteiger partial charge in [-0.1, -0.05) is 0 Å². The highest BCUT2D eigenvalue weighted by atomic mass is 32.2. The summed E-state index contributed by atoms with van der Waals surface area (Å²) in [6.07, 6.45) is 0.716. The Bertz CT molecular complexity index is 589. The molecule has 0 aliphatic heterocycles. The maximum atomic E-state index is 11.2. The van der Waals surface area contributed by atoms with E-state index in [2.05, 4.69) is 5.32 Å². The fourth-order valence-corrected chi connectivity index (χ4v) is 2.88. The summed E-state index contributed by atoms with van der Waals surface area (Å²) in [6, 6.07) is 3.70. The van der Waals surface area contributed by atoms with Crippen LogP contribution in [0.15, 0.2) is 23.1 Å². The molecule has 7 nitrogen and oxygen atoms in total. The number of anilines is 1. The maximum Gasteiger partial charge on any atom is 0.337 e. The molecule has 21 heavy (non-hydrogen) atoms. The van der Waals surface area contributed by atoms with Crippen molar-refractivity contribution in [1.29, 1.82) is 0 Å². The Hall–Kier alpha value is -1.29. The number of nitrogens with one attached hydrogen (secondary N) is 1. The molecular formula is C12H18N2O5S2. The highest BCUT2D eigenvalue weighted by Crippen LogP contribution is 2.20. The predicted molar refractivity (Wildman–Crippen MR) is 82.3 cm³/mol. The number of hydrogen-bond acceptors (Lipinski definition) is 6. The van der Waals surface area contributed by atoms with E-state index in [-0.39, 0.29) is 17.1 Å². The Labute approximate surface area is 127 Å². The van der Waals surface area contributed by atoms with Crippen molar-refractivity contribution in [2.24, 2.45) is 5.14 Å². The highest BCUT2D eigenvalue weighted by Gasteiger charge is 2.15. The fraction of sp³-hybridized carbons (Fsp3) is 0.417. The number of rotatable bonds is 9. The molecule has 0 spiro atoms. The summed E-state index contributed by atoms with van der Waals surface area (Å²) >= 11 is 1.63. The number of carboxylic acid groups (broad SMARTS) is 1. The van der Waals surface area contributed by atoms with E-state index in [0.717, 1.165) is 17.6 Å². The van der Waals surface area contributed by atoms with Crippen LogP contribution < -0.4 is 10.5 Å². The molecule has 0 fully saturated rings. The van der Waals surface area contributed by atoms with Crippen LogP contribution in [0.2, 0.25) is 0 Å². The average molecular weight is 334 g/mol. The van der Waals surface area contributed by atoms with Gasteiger partial charge in [-0.3, -0.25) is 0 Å². The van der Waals surface area contributed by atoms with Crippen LogP contribution in [0, 0.1) is 0 Å². The summed E-state index contributed by atoms with van der Waals surface area (Å²) in [5, 5.41) is 25.7. The van der Waals surface area contributed by atoms with E-state index in [1.54, 1.807) is 11.8 Å². The summed E-state index contributed by atoms with van der Waals surface area (Å²) in [5.74, 6) is 0.348. The molecule has 1 aromatic rings. The van der Waals surface area contributed by atoms with Crippen LogP contribution >= 0.6 is 11.8 Å². The van der Waals surface area contributed by atoms with E-state index in [1.807, 2.05) is 0 Å². The van der Waals surface area contributed by atoms with Crippen LogP contribution in [0.25, 0.3) is 0 Å². The van der Waals surface area contributed by atoms with Gasteiger partial charge in [0, 0.05) is 24.6 Å². The largest absolute Gasteiger partial charge is 0.478 e. The van der Waals surface area contributed by atoms with Crippen LogP contribution in [0.4, 0.5) is 5.69 Å². The van der Waals surface area contributed by atoms with Gasteiger partial charge < -0.3 is 15.5 Å². The molecule has 0 radical (unpaired) electrons. The predicted octanol–water partition coefficient (Wildman–Crippen LogP) is 0.560. The van der Waals surface area contributed by atoms with Gasteiger partial charge in [0.15, 0.2) is 0 Å². The van der Waals surface area contributed by atoms with Gasteiger partial charge in [-0.25, -0.2) is 18.4 Å². The van der Waals surface area contributed by atoms with E-state index in [0.29, 0.717) is 18.7 Å². The molecule has 118 valence electrons. The van der Waals surface area contributed by atoms with Gasteiger partial charge in [0.2, 0.25) is 10.0 Å². The first-order valence-corrected chi connectivity index (χ1v) is 8.89. The molecule has 1 aromatic carbocycles. The van der Waals surface area contributed by atoms with Crippen LogP contribution in [0.1, 0.15) is 16.8 Å². The van der Waals surface area contributed by atoms with Crippen LogP contribution in [0.3, 0.4) is 0 Å². The minimum atomic E-state index is -3.93. The number of carbonyl (C=O) groups is 1. The second kappa shape index (κ2) is 8.23. The number of primary sulfonamides is 1. The summed E-state index contributed by atoms with van der Waals surface area (Å²) < 4.78 is 22.4. The van der Waals surface area contributed by atoms with Gasteiger partial charge in [0.05, 0.1) is 10.5 Å². The Morgan fingerprint density at radius 2 is 2.05 bits per heavy atom. The second-order valence-electron chi connectivity index (χ2n) is 4.17. The van der Waals surface area contributed by atoms with Crippen LogP contribution in [-0.4, -0.2) is 49.3 Å². The monoisotopic (exact) mass is 334 g/mol. The minimum Gasteiger partial charge on any atom is -0.478 e. The van der Waals surface area contributed by atoms with E-state index in [1.165, 1.54) is 12.1 Å². The lowest BCUT2D eigenvalue weighted by Gasteiger charge is -2.10. The van der Waals surface area contributed by atoms with Gasteiger partial charge in [0.25, 0.3) is 0 Å². The summed E-state index contributed by atoms with van der Waals surface area (Å²) in [4.78, 5) is 10.9. The lowest BCUT2D eigenvalue weighted by atomic mass is 10.2. The average Bonchev–Trinajstić information content (AvgIpc) is 2.41. The summed E-state index contributed by atoms with van der Waals surface area (Å²) in [6.45, 7) is 0.684. The maximum absolute atomic E-state index is 11.2. The number of aliphatic hydroxyl groups excluding tert-OH is 1. The SMILES string of the molecule is NS(=O)(=O)c1ccc(NCCSCCCO)c(C(=O)O)c1. The molecule has 0 unspecified atom stereocenters. The molecule has 0 heterocycles. The zero-order chi connectivity index (χ0) is 15.9. The lowest BCUT2D eigenvalue weighted by molar-refractivity contribution is 0.0697. The number of nitrogens with two attached hydrogens (primary N) is 1. The van der Waals surface area contributed by atoms with E-state index in [9.17, 15) is 13.2 Å². The topological polar surface area (TPSA) is 130 Å². The van der Waals surface area contributed by atoms with Gasteiger partial charge in [0.1, 0.15) is 0 Å². The van der Waals surface area contributed by atoms with E-state index < -0.39 is 16.0 Å². The molecule has 0 amide bonds. The van der Waals surface area contributed by atoms with Gasteiger partial charge >= 0.3 is 5.97 Å². The molecule has 9 heteroatoms. The Morgan fingerprint density at radius 3 is 2.62 bits per heavy atom. The van der Waals surface area contributed by atoms with Crippen molar-refractivity contribution in [2.45, 2.75) is 11.3 Å². The Morgan fingerprint density at radius 1 is 1.33 bits per heavy atom. The van der Waals surface area contributed by atoms with Crippen LogP contribution in [0.5, 0.6) is 0 Å². The molecule has 0 aromatic heterocycles. The van der Waals surface area contributed by atoms with E-state index in [4.69, 9.17) is 15.4 Å². The first kappa shape index (κ1) is 17.8. The molecule has 0 saturated heterocycles. The zero-order valence-corrected chi connectivity index (χ0v) is 12.9. The first-order chi connectivity index (χ1) is 9.86. The standard InChI is InChI=1S/C12H18N2O5S2/c13-21(18,19)9-2-3-11(10(8-9)12(16)17)14-4-7-20-6-1-5-15/h2-3,8,14-15H,1,4-7H2,(H,16,17)(H2,13,18,19). The van der Waals surface area contributed by atoms with Crippen molar-refractivity contribution in [3.05, 3.63) is 23.8 Å². The number of benzene rings is 1. The third-order valence-electron chi connectivity index (χ3n) is 2.56. The third kappa shape index (κ3) is 5.92. The third-order valence-corrected chi connectivity index (χ3v) is 4.54. The van der Waals surface area contributed by atoms with Crippen molar-refractivity contribution in [2.75, 3.05) is 30.0 Å². The number of sulfonamides is 1. The molecule has 0 saturated carbocycles. The number of aliphatic hydroxyl groups is 1. The van der Waals surface area contributed by atoms with Crippen molar-refractivity contribution in [3.8, 4) is 0 Å². The summed E-state index contributed by atoms with van der Waals surface area (Å²) in [7, 11) is -3.93. The normalized spacial score (nSPS) is 11.3. The molecule has 0 atom stereocenters. The molecule has 1 rings (SSSR count). The van der Waals surface area contributed by atoms with Crippen molar-refractivity contribution < 1.29 is 23.4 Å². The number of hydrogen-bond donors (Lipinski definition) is 4. The molecular weight excluding hydrogens is 316 g/mol. The molecule has 5 N–H and O–H groups in total. The fourth-order valence-electron chi connectivity index (χ4n) is 1.56. The van der Waals surface area contributed by atoms with Gasteiger partial charge in [-0.2, -0.15) is 11.8 Å². The summed E-state index contributed by atoms with van der Waals surface area (Å²) in [5.41, 5.74) is 0.208. The minimum absolute atomic E-state index is 0.137. The van der Waals surface area contributed by atoms with Crippen molar-refractivity contribution >= 4 is 33.4 Å². The molecule has 0 bridgehead atoms. The molecule has 0 aliphatic rings. The van der Waals surface area contributed by atoms with Gasteiger partial charge in [-0.05, 0) is 30.4 Å². The van der Waals surface area contributed by atoms with Crippen LogP contribution in [-0.2, 0) is 10.0 Å². The molecule has 0 aliphatic carbocycles. The van der Waals surface area contributed by atoms with Gasteiger partial charge in [-0.15, -0.1) is 0 Å². The number of aromatic carboxylic acids is 1. The first-order valence-electron chi connectivity index (χ1n) is 6.19. The highest BCUT2D eigenvalue weighted by molar-refractivity contribution is 7.99. The Balaban J connectivity index is 2.72. The Kier molecular flexibility index (Phi) is 6.96. The second-order valence-corrected chi connectivity index (χ2v) is 6.96.